The van der Waals surface area contributed by atoms with Crippen molar-refractivity contribution >= 4 is 27.5 Å². The lowest BCUT2D eigenvalue weighted by Crippen LogP contribution is -2.12. The van der Waals surface area contributed by atoms with Gasteiger partial charge in [-0.25, -0.2) is 9.37 Å². The number of fused-ring (bicyclic) bond motifs is 1. The summed E-state index contributed by atoms with van der Waals surface area (Å²) in [6, 6.07) is 21.3. The van der Waals surface area contributed by atoms with Crippen LogP contribution in [0.4, 0.5) is 4.39 Å². The lowest BCUT2D eigenvalue weighted by atomic mass is 10.1. The van der Waals surface area contributed by atoms with Crippen LogP contribution in [0.5, 0.6) is 5.75 Å². The monoisotopic (exact) mass is 363 g/mol. The first-order valence-corrected chi connectivity index (χ1v) is 8.91. The van der Waals surface area contributed by atoms with E-state index in [1.165, 1.54) is 17.4 Å². The normalized spacial score (nSPS) is 10.8. The molecule has 1 heterocycles. The molecule has 4 rings (SSSR count). The molecule has 0 aliphatic rings. The first kappa shape index (κ1) is 16.4. The zero-order valence-electron chi connectivity index (χ0n) is 13.7. The fraction of sp³-hybridized carbons (Fsp3) is 0.0476. The van der Waals surface area contributed by atoms with Gasteiger partial charge in [0.15, 0.2) is 0 Å². The van der Waals surface area contributed by atoms with E-state index in [0.29, 0.717) is 11.3 Å². The van der Waals surface area contributed by atoms with Crippen LogP contribution in [0.2, 0.25) is 0 Å². The highest BCUT2D eigenvalue weighted by Gasteiger charge is 2.15. The predicted octanol–water partition coefficient (Wildman–Crippen LogP) is 5.25. The third-order valence-corrected chi connectivity index (χ3v) is 5.00. The van der Waals surface area contributed by atoms with Gasteiger partial charge in [0.05, 0.1) is 22.2 Å². The summed E-state index contributed by atoms with van der Waals surface area (Å²) in [5.74, 6) is -0.500. The molecule has 0 atom stereocenters. The molecule has 3 aromatic carbocycles. The molecule has 0 aliphatic carbocycles. The highest BCUT2D eigenvalue weighted by atomic mass is 32.1. The number of esters is 1. The molecule has 0 radical (unpaired) electrons. The molecule has 0 bridgehead atoms. The summed E-state index contributed by atoms with van der Waals surface area (Å²) in [6.07, 6.45) is -0.124. The van der Waals surface area contributed by atoms with Crippen LogP contribution in [-0.2, 0) is 11.2 Å². The molecule has 0 fully saturated rings. The van der Waals surface area contributed by atoms with E-state index in [2.05, 4.69) is 4.98 Å². The van der Waals surface area contributed by atoms with Crippen LogP contribution in [0.25, 0.3) is 20.8 Å². The SMILES string of the molecule is O=C(Cc1ccccc1F)Oc1ccccc1-c1nc2ccccc2s1. The lowest BCUT2D eigenvalue weighted by Gasteiger charge is -2.08. The summed E-state index contributed by atoms with van der Waals surface area (Å²) in [5.41, 5.74) is 1.96. The summed E-state index contributed by atoms with van der Waals surface area (Å²) in [5, 5.41) is 0.778. The standard InChI is InChI=1S/C21H14FNO2S/c22-16-9-3-1-7-14(16)13-20(24)25-18-11-5-2-8-15(18)21-23-17-10-4-6-12-19(17)26-21/h1-12H,13H2. The van der Waals surface area contributed by atoms with E-state index in [-0.39, 0.29) is 6.42 Å². The van der Waals surface area contributed by atoms with E-state index < -0.39 is 11.8 Å². The Kier molecular flexibility index (Phi) is 4.46. The van der Waals surface area contributed by atoms with Gasteiger partial charge in [-0.3, -0.25) is 4.79 Å². The third-order valence-electron chi connectivity index (χ3n) is 3.93. The van der Waals surface area contributed by atoms with Crippen molar-refractivity contribution in [2.75, 3.05) is 0 Å². The van der Waals surface area contributed by atoms with Crippen LogP contribution >= 0.6 is 11.3 Å². The average Bonchev–Trinajstić information content (AvgIpc) is 3.08. The molecule has 5 heteroatoms. The second kappa shape index (κ2) is 7.06. The number of para-hydroxylation sites is 2. The Morgan fingerprint density at radius 3 is 2.54 bits per heavy atom. The van der Waals surface area contributed by atoms with Gasteiger partial charge >= 0.3 is 5.97 Å². The molecule has 0 N–H and O–H groups in total. The number of hydrogen-bond donors (Lipinski definition) is 0. The Morgan fingerprint density at radius 1 is 0.962 bits per heavy atom. The number of thiazole rings is 1. The quantitative estimate of drug-likeness (QED) is 0.367. The van der Waals surface area contributed by atoms with Crippen molar-refractivity contribution in [3.8, 4) is 16.3 Å². The van der Waals surface area contributed by atoms with E-state index in [9.17, 15) is 9.18 Å². The summed E-state index contributed by atoms with van der Waals surface area (Å²) in [7, 11) is 0. The van der Waals surface area contributed by atoms with Gasteiger partial charge < -0.3 is 4.74 Å². The fourth-order valence-electron chi connectivity index (χ4n) is 2.68. The average molecular weight is 363 g/mol. The molecule has 0 spiro atoms. The molecular weight excluding hydrogens is 349 g/mol. The minimum Gasteiger partial charge on any atom is -0.426 e. The molecule has 1 aromatic heterocycles. The minimum absolute atomic E-state index is 0.124. The number of benzene rings is 3. The first-order chi connectivity index (χ1) is 12.7. The number of carbonyl (C=O) groups excluding carboxylic acids is 1. The molecule has 0 aliphatic heterocycles. The van der Waals surface area contributed by atoms with Crippen LogP contribution in [0.15, 0.2) is 72.8 Å². The number of hydrogen-bond acceptors (Lipinski definition) is 4. The Bertz CT molecular complexity index is 1060. The van der Waals surface area contributed by atoms with Crippen molar-refractivity contribution in [3.63, 3.8) is 0 Å². The van der Waals surface area contributed by atoms with Gasteiger partial charge in [-0.2, -0.15) is 0 Å². The fourth-order valence-corrected chi connectivity index (χ4v) is 3.67. The molecular formula is C21H14FNO2S. The first-order valence-electron chi connectivity index (χ1n) is 8.10. The van der Waals surface area contributed by atoms with Crippen LogP contribution < -0.4 is 4.74 Å². The zero-order chi connectivity index (χ0) is 17.9. The van der Waals surface area contributed by atoms with E-state index >= 15 is 0 Å². The Balaban J connectivity index is 1.61. The second-order valence-electron chi connectivity index (χ2n) is 5.73. The molecule has 0 amide bonds. The molecule has 26 heavy (non-hydrogen) atoms. The highest BCUT2D eigenvalue weighted by molar-refractivity contribution is 7.21. The van der Waals surface area contributed by atoms with E-state index in [4.69, 9.17) is 4.74 Å². The third kappa shape index (κ3) is 3.34. The van der Waals surface area contributed by atoms with Crippen LogP contribution in [0.3, 0.4) is 0 Å². The van der Waals surface area contributed by atoms with Crippen molar-refractivity contribution < 1.29 is 13.9 Å². The Hall–Kier alpha value is -3.05. The number of nitrogens with zero attached hydrogens (tertiary/aromatic N) is 1. The number of carbonyl (C=O) groups is 1. The van der Waals surface area contributed by atoms with Crippen LogP contribution in [0.1, 0.15) is 5.56 Å². The second-order valence-corrected chi connectivity index (χ2v) is 6.76. The largest absolute Gasteiger partial charge is 0.426 e. The molecule has 0 saturated heterocycles. The van der Waals surface area contributed by atoms with Crippen LogP contribution in [-0.4, -0.2) is 11.0 Å². The lowest BCUT2D eigenvalue weighted by molar-refractivity contribution is -0.133. The summed E-state index contributed by atoms with van der Waals surface area (Å²) < 4.78 is 20.3. The van der Waals surface area contributed by atoms with Crippen molar-refractivity contribution in [3.05, 3.63) is 84.2 Å². The van der Waals surface area contributed by atoms with E-state index in [1.54, 1.807) is 30.3 Å². The van der Waals surface area contributed by atoms with Gasteiger partial charge in [-0.05, 0) is 35.9 Å². The summed E-state index contributed by atoms with van der Waals surface area (Å²) >= 11 is 1.54. The molecule has 3 nitrogen and oxygen atoms in total. The molecule has 0 saturated carbocycles. The number of rotatable bonds is 4. The number of halogens is 1. The van der Waals surface area contributed by atoms with Gasteiger partial charge in [0.2, 0.25) is 0 Å². The van der Waals surface area contributed by atoms with Gasteiger partial charge in [-0.15, -0.1) is 11.3 Å². The van der Waals surface area contributed by atoms with Gasteiger partial charge in [0.1, 0.15) is 16.6 Å². The minimum atomic E-state index is -0.510. The smallest absolute Gasteiger partial charge is 0.315 e. The molecule has 0 unspecified atom stereocenters. The van der Waals surface area contributed by atoms with Crippen molar-refractivity contribution in [1.29, 1.82) is 0 Å². The Labute approximate surface area is 153 Å². The number of aromatic nitrogens is 1. The maximum absolute atomic E-state index is 13.7. The molecule has 128 valence electrons. The topological polar surface area (TPSA) is 39.2 Å². The van der Waals surface area contributed by atoms with E-state index in [1.807, 2.05) is 36.4 Å². The number of ether oxygens (including phenoxy) is 1. The van der Waals surface area contributed by atoms with Crippen molar-refractivity contribution in [2.45, 2.75) is 6.42 Å². The molecule has 4 aromatic rings. The zero-order valence-corrected chi connectivity index (χ0v) is 14.5. The van der Waals surface area contributed by atoms with Crippen molar-refractivity contribution in [1.82, 2.24) is 4.98 Å². The highest BCUT2D eigenvalue weighted by Crippen LogP contribution is 2.35. The maximum atomic E-state index is 13.7. The predicted molar refractivity (Wildman–Crippen MR) is 101 cm³/mol. The summed E-state index contributed by atoms with van der Waals surface area (Å²) in [4.78, 5) is 16.9. The Morgan fingerprint density at radius 2 is 1.69 bits per heavy atom. The van der Waals surface area contributed by atoms with Crippen molar-refractivity contribution in [2.24, 2.45) is 0 Å². The maximum Gasteiger partial charge on any atom is 0.315 e. The summed E-state index contributed by atoms with van der Waals surface area (Å²) in [6.45, 7) is 0. The van der Waals surface area contributed by atoms with Gasteiger partial charge in [0, 0.05) is 0 Å². The van der Waals surface area contributed by atoms with Crippen LogP contribution in [0, 0.1) is 5.82 Å². The van der Waals surface area contributed by atoms with Gasteiger partial charge in [0.25, 0.3) is 0 Å². The van der Waals surface area contributed by atoms with Gasteiger partial charge in [-0.1, -0.05) is 42.5 Å². The van der Waals surface area contributed by atoms with E-state index in [0.717, 1.165) is 20.8 Å².